The first-order valence-corrected chi connectivity index (χ1v) is 7.76. The van der Waals surface area contributed by atoms with Gasteiger partial charge in [0.2, 0.25) is 0 Å². The maximum Gasteiger partial charge on any atom is 0.183 e. The Hall–Kier alpha value is -1.41. The van der Waals surface area contributed by atoms with Gasteiger partial charge in [0.05, 0.1) is 26.4 Å². The normalized spacial score (nSPS) is 11.0. The molecule has 2 rings (SSSR count). The Morgan fingerprint density at radius 1 is 1.18 bits per heavy atom. The first-order valence-electron chi connectivity index (χ1n) is 6.57. The molecule has 2 heterocycles. The van der Waals surface area contributed by atoms with Gasteiger partial charge in [0.1, 0.15) is 11.6 Å². The van der Waals surface area contributed by atoms with E-state index in [1.54, 1.807) is 33.7 Å². The SMILES string of the molecule is COc1ccc(N(Cc2cnc(Cl)s2)CC(OC)OC)nc1. The van der Waals surface area contributed by atoms with Crippen LogP contribution >= 0.6 is 22.9 Å². The van der Waals surface area contributed by atoms with Crippen LogP contribution in [0.3, 0.4) is 0 Å². The number of halogens is 1. The Morgan fingerprint density at radius 3 is 2.45 bits per heavy atom. The molecular formula is C14H18ClN3O3S. The minimum atomic E-state index is -0.354. The van der Waals surface area contributed by atoms with Crippen molar-refractivity contribution < 1.29 is 14.2 Å². The first kappa shape index (κ1) is 17.0. The first-order chi connectivity index (χ1) is 10.7. The average molecular weight is 344 g/mol. The summed E-state index contributed by atoms with van der Waals surface area (Å²) in [5, 5.41) is 0. The molecule has 0 N–H and O–H groups in total. The van der Waals surface area contributed by atoms with Gasteiger partial charge in [-0.2, -0.15) is 0 Å². The van der Waals surface area contributed by atoms with Gasteiger partial charge < -0.3 is 19.1 Å². The molecule has 0 saturated heterocycles. The lowest BCUT2D eigenvalue weighted by Gasteiger charge is -2.26. The Morgan fingerprint density at radius 2 is 1.95 bits per heavy atom. The zero-order valence-electron chi connectivity index (χ0n) is 12.7. The number of methoxy groups -OCH3 is 3. The summed E-state index contributed by atoms with van der Waals surface area (Å²) in [4.78, 5) is 11.6. The second-order valence-electron chi connectivity index (χ2n) is 4.42. The molecule has 0 aromatic carbocycles. The molecule has 0 unspecified atom stereocenters. The van der Waals surface area contributed by atoms with E-state index in [2.05, 4.69) is 9.97 Å². The maximum atomic E-state index is 5.90. The molecule has 0 radical (unpaired) electrons. The smallest absolute Gasteiger partial charge is 0.183 e. The monoisotopic (exact) mass is 343 g/mol. The number of nitrogens with zero attached hydrogens (tertiary/aromatic N) is 3. The molecule has 0 bridgehead atoms. The van der Waals surface area contributed by atoms with Gasteiger partial charge in [-0.05, 0) is 12.1 Å². The predicted molar refractivity (Wildman–Crippen MR) is 86.8 cm³/mol. The van der Waals surface area contributed by atoms with E-state index in [1.807, 2.05) is 17.0 Å². The lowest BCUT2D eigenvalue weighted by atomic mass is 10.3. The molecular weight excluding hydrogens is 326 g/mol. The number of thiazole rings is 1. The largest absolute Gasteiger partial charge is 0.495 e. The number of rotatable bonds is 8. The molecule has 0 aliphatic carbocycles. The van der Waals surface area contributed by atoms with Crippen LogP contribution < -0.4 is 9.64 Å². The van der Waals surface area contributed by atoms with Crippen molar-refractivity contribution in [3.05, 3.63) is 33.9 Å². The molecule has 0 fully saturated rings. The number of hydrogen-bond donors (Lipinski definition) is 0. The third-order valence-corrected chi connectivity index (χ3v) is 4.15. The fraction of sp³-hybridized carbons (Fsp3) is 0.429. The average Bonchev–Trinajstić information content (AvgIpc) is 2.96. The molecule has 0 spiro atoms. The Kier molecular flexibility index (Phi) is 6.38. The summed E-state index contributed by atoms with van der Waals surface area (Å²) in [6.07, 6.45) is 3.08. The molecule has 0 amide bonds. The second-order valence-corrected chi connectivity index (χ2v) is 6.11. The van der Waals surface area contributed by atoms with Gasteiger partial charge in [0, 0.05) is 25.3 Å². The molecule has 0 atom stereocenters. The van der Waals surface area contributed by atoms with Gasteiger partial charge in [-0.3, -0.25) is 0 Å². The number of pyridine rings is 1. The molecule has 22 heavy (non-hydrogen) atoms. The Bertz CT molecular complexity index is 575. The zero-order chi connectivity index (χ0) is 15.9. The molecule has 8 heteroatoms. The Balaban J connectivity index is 2.18. The quantitative estimate of drug-likeness (QED) is 0.687. The van der Waals surface area contributed by atoms with E-state index < -0.39 is 0 Å². The lowest BCUT2D eigenvalue weighted by Crippen LogP contribution is -2.34. The van der Waals surface area contributed by atoms with E-state index in [0.717, 1.165) is 10.7 Å². The number of ether oxygens (including phenoxy) is 3. The van der Waals surface area contributed by atoms with E-state index in [1.165, 1.54) is 11.3 Å². The van der Waals surface area contributed by atoms with Gasteiger partial charge in [0.15, 0.2) is 10.8 Å². The summed E-state index contributed by atoms with van der Waals surface area (Å²) < 4.78 is 16.2. The molecule has 2 aromatic heterocycles. The maximum absolute atomic E-state index is 5.90. The minimum Gasteiger partial charge on any atom is -0.495 e. The highest BCUT2D eigenvalue weighted by Crippen LogP contribution is 2.23. The lowest BCUT2D eigenvalue weighted by molar-refractivity contribution is -0.0951. The Labute approximate surface area is 138 Å². The van der Waals surface area contributed by atoms with Crippen molar-refractivity contribution in [3.63, 3.8) is 0 Å². The molecule has 6 nitrogen and oxygen atoms in total. The fourth-order valence-electron chi connectivity index (χ4n) is 1.89. The van der Waals surface area contributed by atoms with Crippen LogP contribution in [0.15, 0.2) is 24.5 Å². The van der Waals surface area contributed by atoms with Crippen LogP contribution in [0.4, 0.5) is 5.82 Å². The fourth-order valence-corrected chi connectivity index (χ4v) is 2.88. The summed E-state index contributed by atoms with van der Waals surface area (Å²) in [6, 6.07) is 3.76. The predicted octanol–water partition coefficient (Wildman–Crippen LogP) is 2.83. The van der Waals surface area contributed by atoms with Gasteiger partial charge in [0.25, 0.3) is 0 Å². The van der Waals surface area contributed by atoms with E-state index in [0.29, 0.717) is 23.3 Å². The van der Waals surface area contributed by atoms with Crippen molar-refractivity contribution in [1.82, 2.24) is 9.97 Å². The summed E-state index contributed by atoms with van der Waals surface area (Å²) in [5.41, 5.74) is 0. The van der Waals surface area contributed by atoms with Crippen LogP contribution in [0, 0.1) is 0 Å². The van der Waals surface area contributed by atoms with Crippen LogP contribution in [0.2, 0.25) is 4.47 Å². The van der Waals surface area contributed by atoms with Crippen LogP contribution in [-0.4, -0.2) is 44.1 Å². The van der Waals surface area contributed by atoms with Crippen molar-refractivity contribution in [2.24, 2.45) is 0 Å². The number of hydrogen-bond acceptors (Lipinski definition) is 7. The van der Waals surface area contributed by atoms with Crippen molar-refractivity contribution in [2.75, 3.05) is 32.8 Å². The van der Waals surface area contributed by atoms with Gasteiger partial charge in [-0.1, -0.05) is 11.6 Å². The molecule has 120 valence electrons. The number of aromatic nitrogens is 2. The van der Waals surface area contributed by atoms with Crippen molar-refractivity contribution in [2.45, 2.75) is 12.8 Å². The third kappa shape index (κ3) is 4.54. The van der Waals surface area contributed by atoms with Crippen LogP contribution in [0.5, 0.6) is 5.75 Å². The second kappa shape index (κ2) is 8.28. The standard InChI is InChI=1S/C14H18ClN3O3S/c1-19-10-4-5-12(16-6-10)18(9-13(20-2)21-3)8-11-7-17-14(15)22-11/h4-7,13H,8-9H2,1-3H3. The van der Waals surface area contributed by atoms with E-state index >= 15 is 0 Å². The summed E-state index contributed by atoms with van der Waals surface area (Å²) in [6.45, 7) is 1.15. The van der Waals surface area contributed by atoms with Gasteiger partial charge in [-0.15, -0.1) is 11.3 Å². The molecule has 0 aliphatic rings. The highest BCUT2D eigenvalue weighted by atomic mass is 35.5. The van der Waals surface area contributed by atoms with Crippen molar-refractivity contribution in [1.29, 1.82) is 0 Å². The topological polar surface area (TPSA) is 56.7 Å². The van der Waals surface area contributed by atoms with E-state index in [4.69, 9.17) is 25.8 Å². The summed E-state index contributed by atoms with van der Waals surface area (Å²) >= 11 is 7.34. The number of anilines is 1. The summed E-state index contributed by atoms with van der Waals surface area (Å²) in [7, 11) is 4.83. The van der Waals surface area contributed by atoms with Gasteiger partial charge >= 0.3 is 0 Å². The van der Waals surface area contributed by atoms with Crippen LogP contribution in [0.1, 0.15) is 4.88 Å². The third-order valence-electron chi connectivity index (χ3n) is 3.05. The minimum absolute atomic E-state index is 0.354. The molecule has 2 aromatic rings. The molecule has 0 aliphatic heterocycles. The highest BCUT2D eigenvalue weighted by Gasteiger charge is 2.16. The van der Waals surface area contributed by atoms with Crippen LogP contribution in [0.25, 0.3) is 0 Å². The van der Waals surface area contributed by atoms with E-state index in [9.17, 15) is 0 Å². The summed E-state index contributed by atoms with van der Waals surface area (Å²) in [5.74, 6) is 1.50. The van der Waals surface area contributed by atoms with Crippen LogP contribution in [-0.2, 0) is 16.0 Å². The molecule has 0 saturated carbocycles. The highest BCUT2D eigenvalue weighted by molar-refractivity contribution is 7.15. The van der Waals surface area contributed by atoms with Crippen molar-refractivity contribution >= 4 is 28.8 Å². The van der Waals surface area contributed by atoms with Gasteiger partial charge in [-0.25, -0.2) is 9.97 Å². The van der Waals surface area contributed by atoms with E-state index in [-0.39, 0.29) is 6.29 Å². The van der Waals surface area contributed by atoms with Crippen molar-refractivity contribution in [3.8, 4) is 5.75 Å². The zero-order valence-corrected chi connectivity index (χ0v) is 14.2.